The van der Waals surface area contributed by atoms with E-state index in [0.29, 0.717) is 0 Å². The van der Waals surface area contributed by atoms with E-state index in [4.69, 9.17) is 10.2 Å². The van der Waals surface area contributed by atoms with E-state index in [9.17, 15) is 29.4 Å². The monoisotopic (exact) mass is 358 g/mol. The van der Waals surface area contributed by atoms with Crippen LogP contribution in [0.4, 0.5) is 0 Å². The smallest absolute Gasteiger partial charge is 0.336 e. The van der Waals surface area contributed by atoms with Gasteiger partial charge in [-0.1, -0.05) is 36.4 Å². The molecule has 8 heteroatoms. The highest BCUT2D eigenvalue weighted by Gasteiger charge is 2.13. The molecule has 0 saturated carbocycles. The zero-order valence-corrected chi connectivity index (χ0v) is 13.2. The molecule has 1 aromatic rings. The molecule has 0 fully saturated rings. The fourth-order valence-electron chi connectivity index (χ4n) is 1.86. The van der Waals surface area contributed by atoms with Gasteiger partial charge in [0.15, 0.2) is 0 Å². The summed E-state index contributed by atoms with van der Waals surface area (Å²) in [5.74, 6) is -5.03. The summed E-state index contributed by atoms with van der Waals surface area (Å²) < 4.78 is 0. The molecule has 0 aliphatic heterocycles. The van der Waals surface area contributed by atoms with Crippen LogP contribution in [0.5, 0.6) is 0 Å². The molecule has 4 N–H and O–H groups in total. The summed E-state index contributed by atoms with van der Waals surface area (Å²) >= 11 is 0. The lowest BCUT2D eigenvalue weighted by molar-refractivity contribution is -0.132. The molecule has 0 aliphatic carbocycles. The van der Waals surface area contributed by atoms with Gasteiger partial charge in [0, 0.05) is 12.2 Å². The molecular formula is C18H14O8. The van der Waals surface area contributed by atoms with Crippen molar-refractivity contribution in [3.05, 3.63) is 71.8 Å². The number of hydrogen-bond acceptors (Lipinski definition) is 4. The molecule has 0 radical (unpaired) electrons. The molecule has 0 unspecified atom stereocenters. The van der Waals surface area contributed by atoms with Gasteiger partial charge in [-0.2, -0.15) is 0 Å². The largest absolute Gasteiger partial charge is 0.478 e. The third kappa shape index (κ3) is 6.28. The van der Waals surface area contributed by atoms with Gasteiger partial charge in [0.1, 0.15) is 0 Å². The topological polar surface area (TPSA) is 149 Å². The number of carbonyl (C=O) groups is 4. The minimum absolute atomic E-state index is 0.180. The van der Waals surface area contributed by atoms with Crippen LogP contribution in [0, 0.1) is 0 Å². The van der Waals surface area contributed by atoms with Crippen molar-refractivity contribution in [3.63, 3.8) is 0 Å². The first-order valence-corrected chi connectivity index (χ1v) is 7.02. The Labute approximate surface area is 147 Å². The van der Waals surface area contributed by atoms with E-state index in [1.165, 1.54) is 24.3 Å². The van der Waals surface area contributed by atoms with E-state index >= 15 is 0 Å². The second-order valence-corrected chi connectivity index (χ2v) is 4.74. The van der Waals surface area contributed by atoms with Crippen LogP contribution in [-0.2, 0) is 19.2 Å². The summed E-state index contributed by atoms with van der Waals surface area (Å²) in [6.45, 7) is 0. The van der Waals surface area contributed by atoms with Crippen molar-refractivity contribution >= 4 is 35.0 Å². The molecule has 1 aromatic carbocycles. The molecule has 0 amide bonds. The Morgan fingerprint density at radius 2 is 0.923 bits per heavy atom. The van der Waals surface area contributed by atoms with E-state index in [1.54, 1.807) is 0 Å². The van der Waals surface area contributed by atoms with Crippen LogP contribution in [0.3, 0.4) is 0 Å². The molecule has 0 spiro atoms. The quantitative estimate of drug-likeness (QED) is 0.406. The normalized spacial score (nSPS) is 12.5. The molecule has 0 heterocycles. The molecule has 0 aromatic heterocycles. The Hall–Kier alpha value is -3.94. The van der Waals surface area contributed by atoms with Crippen molar-refractivity contribution < 1.29 is 39.6 Å². The summed E-state index contributed by atoms with van der Waals surface area (Å²) in [4.78, 5) is 43.4. The van der Waals surface area contributed by atoms with E-state index in [1.807, 2.05) is 0 Å². The summed E-state index contributed by atoms with van der Waals surface area (Å²) in [6.07, 6.45) is 5.90. The van der Waals surface area contributed by atoms with Gasteiger partial charge >= 0.3 is 23.9 Å². The van der Waals surface area contributed by atoms with Crippen LogP contribution < -0.4 is 0 Å². The molecule has 0 bridgehead atoms. The average molecular weight is 358 g/mol. The van der Waals surface area contributed by atoms with Gasteiger partial charge in [0.05, 0.1) is 11.1 Å². The van der Waals surface area contributed by atoms with Gasteiger partial charge in [-0.3, -0.25) is 0 Å². The molecular weight excluding hydrogens is 344 g/mol. The zero-order valence-electron chi connectivity index (χ0n) is 13.2. The van der Waals surface area contributed by atoms with Crippen molar-refractivity contribution in [2.45, 2.75) is 0 Å². The lowest BCUT2D eigenvalue weighted by Gasteiger charge is -2.05. The molecule has 26 heavy (non-hydrogen) atoms. The highest BCUT2D eigenvalue weighted by molar-refractivity contribution is 6.17. The first kappa shape index (κ1) is 20.1. The molecule has 0 aliphatic rings. The minimum atomic E-state index is -1.29. The van der Waals surface area contributed by atoms with Crippen LogP contribution in [-0.4, -0.2) is 44.3 Å². The molecule has 0 saturated heterocycles. The first-order chi connectivity index (χ1) is 12.2. The predicted octanol–water partition coefficient (Wildman–Crippen LogP) is 1.90. The maximum atomic E-state index is 11.3. The van der Waals surface area contributed by atoms with Gasteiger partial charge in [-0.05, 0) is 23.3 Å². The Bertz CT molecular complexity index is 767. The molecule has 134 valence electrons. The van der Waals surface area contributed by atoms with Crippen LogP contribution in [0.25, 0.3) is 11.1 Å². The summed E-state index contributed by atoms with van der Waals surface area (Å²) in [7, 11) is 0. The van der Waals surface area contributed by atoms with Crippen LogP contribution in [0.2, 0.25) is 0 Å². The predicted molar refractivity (Wildman–Crippen MR) is 91.2 cm³/mol. The highest BCUT2D eigenvalue weighted by atomic mass is 16.4. The minimum Gasteiger partial charge on any atom is -0.478 e. The second kappa shape index (κ2) is 9.38. The van der Waals surface area contributed by atoms with Gasteiger partial charge in [-0.15, -0.1) is 0 Å². The lowest BCUT2D eigenvalue weighted by atomic mass is 9.99. The van der Waals surface area contributed by atoms with Crippen molar-refractivity contribution in [2.24, 2.45) is 0 Å². The van der Waals surface area contributed by atoms with E-state index in [0.717, 1.165) is 36.5 Å². The van der Waals surface area contributed by atoms with E-state index < -0.39 is 23.9 Å². The molecule has 0 atom stereocenters. The second-order valence-electron chi connectivity index (χ2n) is 4.74. The lowest BCUT2D eigenvalue weighted by Crippen LogP contribution is -2.02. The number of carboxylic acids is 4. The number of aliphatic carboxylic acids is 4. The fraction of sp³-hybridized carbons (Fsp3) is 0. The van der Waals surface area contributed by atoms with Crippen molar-refractivity contribution in [2.75, 3.05) is 0 Å². The molecule has 1 rings (SSSR count). The van der Waals surface area contributed by atoms with Gasteiger partial charge < -0.3 is 20.4 Å². The summed E-state index contributed by atoms with van der Waals surface area (Å²) in [5, 5.41) is 35.5. The van der Waals surface area contributed by atoms with Crippen LogP contribution >= 0.6 is 0 Å². The Balaban J connectivity index is 3.22. The van der Waals surface area contributed by atoms with Crippen LogP contribution in [0.15, 0.2) is 60.7 Å². The summed E-state index contributed by atoms with van der Waals surface area (Å²) in [5.41, 5.74) is 0.116. The maximum Gasteiger partial charge on any atom is 0.336 e. The first-order valence-electron chi connectivity index (χ1n) is 7.02. The van der Waals surface area contributed by atoms with Crippen molar-refractivity contribution in [1.82, 2.24) is 0 Å². The number of rotatable bonds is 8. The third-order valence-electron chi connectivity index (χ3n) is 2.97. The number of benzene rings is 1. The SMILES string of the molecule is O=C(O)/C=C/C=C(/C(=O)O)c1ccc(/C(=C\C=C\C(=O)O)C(=O)O)cc1. The van der Waals surface area contributed by atoms with Crippen molar-refractivity contribution in [3.8, 4) is 0 Å². The third-order valence-corrected chi connectivity index (χ3v) is 2.97. The Morgan fingerprint density at radius 1 is 0.615 bits per heavy atom. The molecule has 8 nitrogen and oxygen atoms in total. The van der Waals surface area contributed by atoms with Gasteiger partial charge in [0.25, 0.3) is 0 Å². The van der Waals surface area contributed by atoms with Crippen LogP contribution in [0.1, 0.15) is 11.1 Å². The van der Waals surface area contributed by atoms with E-state index in [-0.39, 0.29) is 22.3 Å². The Kier molecular flexibility index (Phi) is 7.25. The zero-order chi connectivity index (χ0) is 19.7. The number of hydrogen-bond donors (Lipinski definition) is 4. The van der Waals surface area contributed by atoms with E-state index in [2.05, 4.69) is 0 Å². The van der Waals surface area contributed by atoms with Crippen molar-refractivity contribution in [1.29, 1.82) is 0 Å². The standard InChI is InChI=1S/C18H14O8/c19-15(20)5-1-3-13(17(23)24)11-7-9-12(10-8-11)14(18(25)26)4-2-6-16(21)22/h1-10H,(H,19,20)(H,21,22)(H,23,24)(H,25,26)/b5-1+,6-2+,13-3+,14-4+. The Morgan fingerprint density at radius 3 is 1.15 bits per heavy atom. The van der Waals surface area contributed by atoms with Gasteiger partial charge in [-0.25, -0.2) is 19.2 Å². The fourth-order valence-corrected chi connectivity index (χ4v) is 1.86. The maximum absolute atomic E-state index is 11.3. The highest BCUT2D eigenvalue weighted by Crippen LogP contribution is 2.20. The van der Waals surface area contributed by atoms with Gasteiger partial charge in [0.2, 0.25) is 0 Å². The summed E-state index contributed by atoms with van der Waals surface area (Å²) in [6, 6.07) is 5.45. The number of allylic oxidation sites excluding steroid dienone is 4. The average Bonchev–Trinajstić information content (AvgIpc) is 2.55. The number of carboxylic acid groups (broad SMARTS) is 4.